The van der Waals surface area contributed by atoms with Gasteiger partial charge in [0.05, 0.1) is 12.6 Å². The summed E-state index contributed by atoms with van der Waals surface area (Å²) in [5.74, 6) is 0. The van der Waals surface area contributed by atoms with E-state index >= 15 is 0 Å². The zero-order valence-electron chi connectivity index (χ0n) is 7.63. The van der Waals surface area contributed by atoms with E-state index in [1.54, 1.807) is 6.20 Å². The van der Waals surface area contributed by atoms with E-state index < -0.39 is 0 Å². The third-order valence-corrected chi connectivity index (χ3v) is 2.45. The fourth-order valence-electron chi connectivity index (χ4n) is 1.69. The molecule has 0 spiro atoms. The first-order valence-corrected chi connectivity index (χ1v) is 4.72. The summed E-state index contributed by atoms with van der Waals surface area (Å²) in [6, 6.07) is 1.93. The van der Waals surface area contributed by atoms with E-state index in [1.807, 2.05) is 16.9 Å². The van der Waals surface area contributed by atoms with Crippen LogP contribution in [0.25, 0.3) is 0 Å². The summed E-state index contributed by atoms with van der Waals surface area (Å²) >= 11 is 0. The SMILES string of the molecule is OC1CCN(CCn2cccn2)C1. The van der Waals surface area contributed by atoms with Crippen molar-refractivity contribution < 1.29 is 5.11 Å². The van der Waals surface area contributed by atoms with Crippen LogP contribution in [0.15, 0.2) is 18.5 Å². The van der Waals surface area contributed by atoms with Crippen molar-refractivity contribution >= 4 is 0 Å². The topological polar surface area (TPSA) is 41.3 Å². The van der Waals surface area contributed by atoms with Gasteiger partial charge in [0.2, 0.25) is 0 Å². The summed E-state index contributed by atoms with van der Waals surface area (Å²) in [6.07, 6.45) is 4.56. The van der Waals surface area contributed by atoms with Crippen LogP contribution in [0.3, 0.4) is 0 Å². The van der Waals surface area contributed by atoms with Crippen LogP contribution < -0.4 is 0 Å². The molecule has 2 heterocycles. The average Bonchev–Trinajstić information content (AvgIpc) is 2.71. The highest BCUT2D eigenvalue weighted by molar-refractivity contribution is 4.79. The second-order valence-corrected chi connectivity index (χ2v) is 3.51. The third-order valence-electron chi connectivity index (χ3n) is 2.45. The maximum absolute atomic E-state index is 9.29. The zero-order valence-corrected chi connectivity index (χ0v) is 7.63. The number of β-amino-alcohol motifs (C(OH)–C–C–N with tert-alkyl or cyclic N) is 1. The summed E-state index contributed by atoms with van der Waals surface area (Å²) in [5.41, 5.74) is 0. The van der Waals surface area contributed by atoms with E-state index in [0.717, 1.165) is 32.6 Å². The second-order valence-electron chi connectivity index (χ2n) is 3.51. The van der Waals surface area contributed by atoms with Gasteiger partial charge in [-0.3, -0.25) is 9.58 Å². The smallest absolute Gasteiger partial charge is 0.0679 e. The molecule has 1 fully saturated rings. The van der Waals surface area contributed by atoms with Crippen molar-refractivity contribution in [2.24, 2.45) is 0 Å². The minimum Gasteiger partial charge on any atom is -0.392 e. The molecule has 4 heteroatoms. The van der Waals surface area contributed by atoms with E-state index in [2.05, 4.69) is 10.00 Å². The van der Waals surface area contributed by atoms with E-state index in [4.69, 9.17) is 0 Å². The van der Waals surface area contributed by atoms with Crippen LogP contribution in [0.4, 0.5) is 0 Å². The first kappa shape index (κ1) is 8.72. The maximum atomic E-state index is 9.29. The Balaban J connectivity index is 1.74. The molecule has 1 atom stereocenters. The molecule has 0 bridgehead atoms. The highest BCUT2D eigenvalue weighted by Gasteiger charge is 2.19. The van der Waals surface area contributed by atoms with Crippen LogP contribution >= 0.6 is 0 Å². The van der Waals surface area contributed by atoms with Gasteiger partial charge in [-0.1, -0.05) is 0 Å². The molecule has 1 N–H and O–H groups in total. The van der Waals surface area contributed by atoms with Gasteiger partial charge in [0.15, 0.2) is 0 Å². The van der Waals surface area contributed by atoms with Crippen LogP contribution in [-0.4, -0.2) is 45.5 Å². The molecule has 1 saturated heterocycles. The summed E-state index contributed by atoms with van der Waals surface area (Å²) in [6.45, 7) is 3.74. The van der Waals surface area contributed by atoms with Gasteiger partial charge in [-0.2, -0.15) is 5.10 Å². The molecule has 0 saturated carbocycles. The third kappa shape index (κ3) is 2.29. The number of aliphatic hydroxyl groups is 1. The average molecular weight is 181 g/mol. The molecule has 2 rings (SSSR count). The van der Waals surface area contributed by atoms with Crippen molar-refractivity contribution in [1.29, 1.82) is 0 Å². The van der Waals surface area contributed by atoms with Gasteiger partial charge in [0.1, 0.15) is 0 Å². The fraction of sp³-hybridized carbons (Fsp3) is 0.667. The molecule has 72 valence electrons. The molecular formula is C9H15N3O. The molecule has 0 amide bonds. The summed E-state index contributed by atoms with van der Waals surface area (Å²) in [5, 5.41) is 13.4. The Morgan fingerprint density at radius 1 is 1.46 bits per heavy atom. The largest absolute Gasteiger partial charge is 0.392 e. The Morgan fingerprint density at radius 3 is 3.00 bits per heavy atom. The Bertz CT molecular complexity index is 247. The van der Waals surface area contributed by atoms with Crippen LogP contribution in [0, 0.1) is 0 Å². The van der Waals surface area contributed by atoms with Crippen molar-refractivity contribution in [1.82, 2.24) is 14.7 Å². The Hall–Kier alpha value is -0.870. The Morgan fingerprint density at radius 2 is 2.38 bits per heavy atom. The first-order valence-electron chi connectivity index (χ1n) is 4.72. The second kappa shape index (κ2) is 3.89. The van der Waals surface area contributed by atoms with Crippen LogP contribution in [0.1, 0.15) is 6.42 Å². The number of rotatable bonds is 3. The molecule has 1 unspecified atom stereocenters. The fourth-order valence-corrected chi connectivity index (χ4v) is 1.69. The minimum atomic E-state index is -0.113. The molecule has 1 aromatic rings. The van der Waals surface area contributed by atoms with Gasteiger partial charge in [-0.15, -0.1) is 0 Å². The van der Waals surface area contributed by atoms with Gasteiger partial charge in [-0.05, 0) is 12.5 Å². The maximum Gasteiger partial charge on any atom is 0.0679 e. The molecule has 0 radical (unpaired) electrons. The number of likely N-dealkylation sites (tertiary alicyclic amines) is 1. The molecule has 1 aromatic heterocycles. The lowest BCUT2D eigenvalue weighted by Crippen LogP contribution is -2.26. The van der Waals surface area contributed by atoms with Gasteiger partial charge in [0.25, 0.3) is 0 Å². The normalized spacial score (nSPS) is 23.9. The van der Waals surface area contributed by atoms with Gasteiger partial charge in [0, 0.05) is 32.0 Å². The molecule has 4 nitrogen and oxygen atoms in total. The highest BCUT2D eigenvalue weighted by atomic mass is 16.3. The minimum absolute atomic E-state index is 0.113. The van der Waals surface area contributed by atoms with Gasteiger partial charge < -0.3 is 5.11 Å². The Labute approximate surface area is 77.8 Å². The van der Waals surface area contributed by atoms with Gasteiger partial charge >= 0.3 is 0 Å². The lowest BCUT2D eigenvalue weighted by atomic mass is 10.3. The van der Waals surface area contributed by atoms with Crippen molar-refractivity contribution in [3.63, 3.8) is 0 Å². The number of hydrogen-bond acceptors (Lipinski definition) is 3. The number of aliphatic hydroxyl groups excluding tert-OH is 1. The number of nitrogens with zero attached hydrogens (tertiary/aromatic N) is 3. The predicted octanol–water partition coefficient (Wildman–Crippen LogP) is -0.0503. The molecule has 1 aliphatic heterocycles. The summed E-state index contributed by atoms with van der Waals surface area (Å²) in [4.78, 5) is 2.27. The van der Waals surface area contributed by atoms with E-state index in [9.17, 15) is 5.11 Å². The number of hydrogen-bond donors (Lipinski definition) is 1. The molecule has 1 aliphatic rings. The highest BCUT2D eigenvalue weighted by Crippen LogP contribution is 2.07. The summed E-state index contributed by atoms with van der Waals surface area (Å²) in [7, 11) is 0. The molecule has 13 heavy (non-hydrogen) atoms. The van der Waals surface area contributed by atoms with E-state index in [1.165, 1.54) is 0 Å². The Kier molecular flexibility index (Phi) is 2.61. The zero-order chi connectivity index (χ0) is 9.10. The van der Waals surface area contributed by atoms with Crippen molar-refractivity contribution in [3.05, 3.63) is 18.5 Å². The lowest BCUT2D eigenvalue weighted by molar-refractivity contribution is 0.174. The molecule has 0 aromatic carbocycles. The first-order chi connectivity index (χ1) is 6.34. The van der Waals surface area contributed by atoms with Crippen LogP contribution in [-0.2, 0) is 6.54 Å². The number of aromatic nitrogens is 2. The lowest BCUT2D eigenvalue weighted by Gasteiger charge is -2.14. The van der Waals surface area contributed by atoms with Crippen LogP contribution in [0.2, 0.25) is 0 Å². The molecular weight excluding hydrogens is 166 g/mol. The predicted molar refractivity (Wildman–Crippen MR) is 49.3 cm³/mol. The monoisotopic (exact) mass is 181 g/mol. The van der Waals surface area contributed by atoms with Gasteiger partial charge in [-0.25, -0.2) is 0 Å². The van der Waals surface area contributed by atoms with E-state index in [-0.39, 0.29) is 6.10 Å². The van der Waals surface area contributed by atoms with Crippen molar-refractivity contribution in [2.45, 2.75) is 19.1 Å². The quantitative estimate of drug-likeness (QED) is 0.711. The van der Waals surface area contributed by atoms with Crippen molar-refractivity contribution in [3.8, 4) is 0 Å². The standard InChI is InChI=1S/C9H15N3O/c13-9-2-5-11(8-9)6-7-12-4-1-3-10-12/h1,3-4,9,13H,2,5-8H2. The summed E-state index contributed by atoms with van der Waals surface area (Å²) < 4.78 is 1.92. The molecule has 0 aliphatic carbocycles. The van der Waals surface area contributed by atoms with E-state index in [0.29, 0.717) is 0 Å². The van der Waals surface area contributed by atoms with Crippen molar-refractivity contribution in [2.75, 3.05) is 19.6 Å². The van der Waals surface area contributed by atoms with Crippen LogP contribution in [0.5, 0.6) is 0 Å².